The molecule has 2 aliphatic heterocycles. The van der Waals surface area contributed by atoms with Gasteiger partial charge in [0, 0.05) is 22.7 Å². The summed E-state index contributed by atoms with van der Waals surface area (Å²) in [5.41, 5.74) is 0.977. The molecule has 5 heteroatoms. The van der Waals surface area contributed by atoms with Crippen LogP contribution in [0.1, 0.15) is 38.1 Å². The first-order valence-corrected chi connectivity index (χ1v) is 7.76. The van der Waals surface area contributed by atoms with E-state index in [1.165, 1.54) is 15.2 Å². The molecule has 0 radical (unpaired) electrons. The van der Waals surface area contributed by atoms with Crippen molar-refractivity contribution < 1.29 is 9.31 Å². The first kappa shape index (κ1) is 13.6. The molecule has 0 bridgehead atoms. The van der Waals surface area contributed by atoms with Crippen LogP contribution in [0.5, 0.6) is 0 Å². The highest BCUT2D eigenvalue weighted by Crippen LogP contribution is 2.37. The van der Waals surface area contributed by atoms with Crippen LogP contribution in [-0.2, 0) is 22.3 Å². The number of thiophene rings is 1. The zero-order chi connectivity index (χ0) is 13.8. The summed E-state index contributed by atoms with van der Waals surface area (Å²) in [6.45, 7) is 10.6. The van der Waals surface area contributed by atoms with E-state index < -0.39 is 0 Å². The molecular weight excluding hydrogens is 257 g/mol. The van der Waals surface area contributed by atoms with E-state index >= 15 is 0 Å². The van der Waals surface area contributed by atoms with Crippen molar-refractivity contribution in [1.82, 2.24) is 4.90 Å². The number of hydrogen-bond donors (Lipinski definition) is 0. The third kappa shape index (κ3) is 2.27. The Morgan fingerprint density at radius 2 is 1.84 bits per heavy atom. The number of hydrogen-bond acceptors (Lipinski definition) is 4. The molecule has 3 heterocycles. The minimum atomic E-state index is -0.251. The van der Waals surface area contributed by atoms with Gasteiger partial charge in [0.2, 0.25) is 0 Å². The fraction of sp³-hybridized carbons (Fsp3) is 0.714. The lowest BCUT2D eigenvalue weighted by Gasteiger charge is -2.32. The van der Waals surface area contributed by atoms with Gasteiger partial charge in [-0.15, -0.1) is 11.3 Å². The Kier molecular flexibility index (Phi) is 3.10. The van der Waals surface area contributed by atoms with Crippen molar-refractivity contribution in [3.8, 4) is 0 Å². The molecule has 0 saturated carbocycles. The zero-order valence-electron chi connectivity index (χ0n) is 12.4. The van der Waals surface area contributed by atoms with Crippen molar-refractivity contribution in [2.24, 2.45) is 0 Å². The topological polar surface area (TPSA) is 21.7 Å². The van der Waals surface area contributed by atoms with Gasteiger partial charge >= 0.3 is 7.12 Å². The molecule has 3 nitrogen and oxygen atoms in total. The van der Waals surface area contributed by atoms with Crippen LogP contribution >= 0.6 is 11.3 Å². The van der Waals surface area contributed by atoms with Crippen molar-refractivity contribution in [2.75, 3.05) is 13.6 Å². The van der Waals surface area contributed by atoms with Crippen LogP contribution < -0.4 is 4.78 Å². The van der Waals surface area contributed by atoms with E-state index in [1.807, 2.05) is 11.3 Å². The molecule has 19 heavy (non-hydrogen) atoms. The largest absolute Gasteiger partial charge is 0.505 e. The van der Waals surface area contributed by atoms with Gasteiger partial charge in [-0.25, -0.2) is 0 Å². The lowest BCUT2D eigenvalue weighted by molar-refractivity contribution is 0.00578. The Bertz CT molecular complexity index is 482. The van der Waals surface area contributed by atoms with Gasteiger partial charge in [-0.1, -0.05) is 0 Å². The maximum Gasteiger partial charge on any atom is 0.505 e. The highest BCUT2D eigenvalue weighted by atomic mass is 32.1. The van der Waals surface area contributed by atoms with E-state index in [0.717, 1.165) is 19.5 Å². The molecule has 0 aliphatic carbocycles. The number of nitrogens with zero attached hydrogens (tertiary/aromatic N) is 1. The predicted molar refractivity (Wildman–Crippen MR) is 80.1 cm³/mol. The van der Waals surface area contributed by atoms with Gasteiger partial charge in [0.05, 0.1) is 11.2 Å². The lowest BCUT2D eigenvalue weighted by Crippen LogP contribution is -2.41. The Hall–Kier alpha value is -0.355. The minimum Gasteiger partial charge on any atom is -0.399 e. The molecule has 104 valence electrons. The van der Waals surface area contributed by atoms with E-state index in [-0.39, 0.29) is 18.3 Å². The molecule has 2 aliphatic rings. The molecule has 1 aromatic rings. The van der Waals surface area contributed by atoms with E-state index in [1.54, 1.807) is 0 Å². The van der Waals surface area contributed by atoms with Gasteiger partial charge in [0.1, 0.15) is 0 Å². The Labute approximate surface area is 120 Å². The SMILES string of the molecule is CN1CCc2cc(B3OC(C)(C)C(C)(C)O3)sc2C1. The summed E-state index contributed by atoms with van der Waals surface area (Å²) in [4.78, 5) is 3.84. The highest BCUT2D eigenvalue weighted by molar-refractivity contribution is 7.22. The van der Waals surface area contributed by atoms with E-state index in [0.29, 0.717) is 0 Å². The van der Waals surface area contributed by atoms with Gasteiger partial charge < -0.3 is 14.2 Å². The maximum atomic E-state index is 6.13. The van der Waals surface area contributed by atoms with Crippen molar-refractivity contribution in [2.45, 2.75) is 51.9 Å². The smallest absolute Gasteiger partial charge is 0.399 e. The summed E-state index contributed by atoms with van der Waals surface area (Å²) in [6, 6.07) is 2.29. The minimum absolute atomic E-state index is 0.203. The molecule has 0 amide bonds. The molecule has 0 aromatic carbocycles. The summed E-state index contributed by atoms with van der Waals surface area (Å²) < 4.78 is 13.5. The predicted octanol–water partition coefficient (Wildman–Crippen LogP) is 2.04. The van der Waals surface area contributed by atoms with E-state index in [2.05, 4.69) is 45.7 Å². The number of fused-ring (bicyclic) bond motifs is 1. The third-order valence-corrected chi connectivity index (χ3v) is 5.76. The van der Waals surface area contributed by atoms with E-state index in [9.17, 15) is 0 Å². The van der Waals surface area contributed by atoms with Crippen LogP contribution in [0.2, 0.25) is 0 Å². The van der Waals surface area contributed by atoms with Gasteiger partial charge in [0.15, 0.2) is 0 Å². The van der Waals surface area contributed by atoms with Crippen molar-refractivity contribution in [3.63, 3.8) is 0 Å². The Morgan fingerprint density at radius 1 is 1.21 bits per heavy atom. The summed E-state index contributed by atoms with van der Waals surface area (Å²) in [7, 11) is 1.97. The van der Waals surface area contributed by atoms with Crippen molar-refractivity contribution in [1.29, 1.82) is 0 Å². The van der Waals surface area contributed by atoms with Crippen LogP contribution in [0.4, 0.5) is 0 Å². The van der Waals surface area contributed by atoms with Gasteiger partial charge in [-0.2, -0.15) is 0 Å². The summed E-state index contributed by atoms with van der Waals surface area (Å²) in [5, 5.41) is 0. The average Bonchev–Trinajstić information content (AvgIpc) is 2.78. The molecule has 1 aromatic heterocycles. The molecule has 1 fully saturated rings. The monoisotopic (exact) mass is 279 g/mol. The second-order valence-corrected chi connectivity index (χ2v) is 7.84. The van der Waals surface area contributed by atoms with Crippen LogP contribution in [0, 0.1) is 0 Å². The van der Waals surface area contributed by atoms with Gasteiger partial charge in [-0.05, 0) is 52.8 Å². The Balaban J connectivity index is 1.85. The second kappa shape index (κ2) is 4.32. The van der Waals surface area contributed by atoms with Crippen LogP contribution in [-0.4, -0.2) is 36.8 Å². The van der Waals surface area contributed by atoms with Gasteiger partial charge in [-0.3, -0.25) is 0 Å². The standard InChI is InChI=1S/C14H22BNO2S/c1-13(2)14(3,4)18-15(17-13)12-8-10-6-7-16(5)9-11(10)19-12/h8H,6-7,9H2,1-5H3. The fourth-order valence-corrected chi connectivity index (χ4v) is 3.80. The average molecular weight is 279 g/mol. The summed E-state index contributed by atoms with van der Waals surface area (Å²) in [5.74, 6) is 0. The summed E-state index contributed by atoms with van der Waals surface area (Å²) >= 11 is 1.85. The van der Waals surface area contributed by atoms with Crippen molar-refractivity contribution in [3.05, 3.63) is 16.5 Å². The number of rotatable bonds is 1. The molecule has 3 rings (SSSR count). The number of likely N-dealkylation sites (N-methyl/N-ethyl adjacent to an activating group) is 1. The first-order chi connectivity index (χ1) is 8.78. The van der Waals surface area contributed by atoms with Crippen LogP contribution in [0.15, 0.2) is 6.07 Å². The van der Waals surface area contributed by atoms with Gasteiger partial charge in [0.25, 0.3) is 0 Å². The second-order valence-electron chi connectivity index (χ2n) is 6.67. The lowest BCUT2D eigenvalue weighted by atomic mass is 9.87. The van der Waals surface area contributed by atoms with Crippen molar-refractivity contribution >= 4 is 23.2 Å². The maximum absolute atomic E-state index is 6.13. The molecular formula is C14H22BNO2S. The molecule has 0 atom stereocenters. The molecule has 0 spiro atoms. The first-order valence-electron chi connectivity index (χ1n) is 6.94. The Morgan fingerprint density at radius 3 is 2.47 bits per heavy atom. The van der Waals surface area contributed by atoms with Crippen LogP contribution in [0.3, 0.4) is 0 Å². The summed E-state index contributed by atoms with van der Waals surface area (Å²) in [6.07, 6.45) is 1.14. The normalized spacial score (nSPS) is 25.6. The highest BCUT2D eigenvalue weighted by Gasteiger charge is 2.52. The fourth-order valence-electron chi connectivity index (χ4n) is 2.55. The van der Waals surface area contributed by atoms with E-state index in [4.69, 9.17) is 9.31 Å². The quantitative estimate of drug-likeness (QED) is 0.734. The molecule has 0 N–H and O–H groups in total. The molecule has 1 saturated heterocycles. The third-order valence-electron chi connectivity index (χ3n) is 4.58. The zero-order valence-corrected chi connectivity index (χ0v) is 13.3. The van der Waals surface area contributed by atoms with Crippen LogP contribution in [0.25, 0.3) is 0 Å². The molecule has 0 unspecified atom stereocenters.